The molecular formula is C37H36Cl2N6O4. The monoisotopic (exact) mass is 698 g/mol. The first-order valence-electron chi connectivity index (χ1n) is 16.3. The molecule has 4 N–H and O–H groups in total. The maximum Gasteiger partial charge on any atom is 0.262 e. The highest BCUT2D eigenvalue weighted by Gasteiger charge is 2.27. The Kier molecular flexibility index (Phi) is 9.66. The fraction of sp³-hybridized carbons (Fsp3) is 0.297. The van der Waals surface area contributed by atoms with E-state index in [1.54, 1.807) is 19.5 Å². The predicted octanol–water partition coefficient (Wildman–Crippen LogP) is 5.39. The van der Waals surface area contributed by atoms with Gasteiger partial charge < -0.3 is 25.8 Å². The Morgan fingerprint density at radius 1 is 0.959 bits per heavy atom. The zero-order valence-corrected chi connectivity index (χ0v) is 28.4. The van der Waals surface area contributed by atoms with Gasteiger partial charge in [-0.1, -0.05) is 65.7 Å². The number of aliphatic hydroxyl groups is 1. The molecule has 1 atom stereocenters. The number of hydrogen-bond donors (Lipinski definition) is 4. The zero-order valence-electron chi connectivity index (χ0n) is 26.9. The maximum absolute atomic E-state index is 13.2. The van der Waals surface area contributed by atoms with Gasteiger partial charge in [-0.05, 0) is 43.0 Å². The van der Waals surface area contributed by atoms with E-state index in [2.05, 4.69) is 20.9 Å². The van der Waals surface area contributed by atoms with Crippen molar-refractivity contribution < 1.29 is 14.6 Å². The minimum atomic E-state index is -0.221. The summed E-state index contributed by atoms with van der Waals surface area (Å²) in [4.78, 5) is 34.0. The van der Waals surface area contributed by atoms with Gasteiger partial charge in [0.25, 0.3) is 5.56 Å². The third kappa shape index (κ3) is 6.92. The van der Waals surface area contributed by atoms with Crippen LogP contribution in [0.1, 0.15) is 36.8 Å². The first-order valence-corrected chi connectivity index (χ1v) is 17.1. The summed E-state index contributed by atoms with van der Waals surface area (Å²) in [5.74, 6) is 0.575. The molecule has 7 rings (SSSR count). The topological polar surface area (TPSA) is 130 Å². The first kappa shape index (κ1) is 33.2. The molecule has 1 saturated carbocycles. The molecule has 3 aromatic heterocycles. The number of benzene rings is 2. The van der Waals surface area contributed by atoms with Crippen LogP contribution in [0.4, 0.5) is 0 Å². The summed E-state index contributed by atoms with van der Waals surface area (Å²) in [5.41, 5.74) is 6.31. The summed E-state index contributed by atoms with van der Waals surface area (Å²) in [5, 5.41) is 20.2. The van der Waals surface area contributed by atoms with Gasteiger partial charge in [0.15, 0.2) is 0 Å². The van der Waals surface area contributed by atoms with Crippen molar-refractivity contribution in [2.45, 2.75) is 57.0 Å². The van der Waals surface area contributed by atoms with Crippen LogP contribution >= 0.6 is 23.2 Å². The number of halogens is 2. The van der Waals surface area contributed by atoms with Gasteiger partial charge in [0.1, 0.15) is 5.65 Å². The summed E-state index contributed by atoms with van der Waals surface area (Å²) >= 11 is 14.2. The van der Waals surface area contributed by atoms with Crippen LogP contribution in [0.2, 0.25) is 10.0 Å². The Morgan fingerprint density at radius 2 is 1.69 bits per heavy atom. The second-order valence-electron chi connectivity index (χ2n) is 12.6. The summed E-state index contributed by atoms with van der Waals surface area (Å²) < 4.78 is 7.15. The molecule has 2 aromatic carbocycles. The van der Waals surface area contributed by atoms with E-state index in [1.807, 2.05) is 60.7 Å². The number of fused-ring (bicyclic) bond motifs is 1. The highest BCUT2D eigenvalue weighted by molar-refractivity contribution is 6.39. The van der Waals surface area contributed by atoms with Crippen molar-refractivity contribution in [1.29, 1.82) is 0 Å². The third-order valence-electron chi connectivity index (χ3n) is 9.27. The molecule has 2 aliphatic rings. The fourth-order valence-electron chi connectivity index (χ4n) is 6.45. The molecule has 1 aliphatic carbocycles. The van der Waals surface area contributed by atoms with Gasteiger partial charge >= 0.3 is 0 Å². The van der Waals surface area contributed by atoms with Crippen molar-refractivity contribution in [2.75, 3.05) is 13.7 Å². The maximum atomic E-state index is 13.2. The van der Waals surface area contributed by atoms with E-state index in [4.69, 9.17) is 32.9 Å². The van der Waals surface area contributed by atoms with Crippen LogP contribution in [0, 0.1) is 0 Å². The molecule has 1 saturated heterocycles. The number of aromatic nitrogens is 3. The molecule has 1 amide bonds. The van der Waals surface area contributed by atoms with Crippen LogP contribution in [0.5, 0.6) is 5.88 Å². The van der Waals surface area contributed by atoms with Crippen molar-refractivity contribution in [2.24, 2.45) is 0 Å². The van der Waals surface area contributed by atoms with E-state index in [9.17, 15) is 14.7 Å². The van der Waals surface area contributed by atoms with Gasteiger partial charge in [0, 0.05) is 83.9 Å². The molecule has 0 spiro atoms. The molecule has 0 unspecified atom stereocenters. The summed E-state index contributed by atoms with van der Waals surface area (Å²) in [6, 6.07) is 19.5. The second kappa shape index (κ2) is 14.3. The van der Waals surface area contributed by atoms with Gasteiger partial charge in [-0.2, -0.15) is 0 Å². The molecule has 49 heavy (non-hydrogen) atoms. The summed E-state index contributed by atoms with van der Waals surface area (Å²) in [6.45, 7) is 1.53. The fourth-order valence-corrected chi connectivity index (χ4v) is 7.12. The number of hydrogen-bond acceptors (Lipinski definition) is 8. The third-order valence-corrected chi connectivity index (χ3v) is 10.1. The molecule has 4 heterocycles. The molecule has 252 valence electrons. The van der Waals surface area contributed by atoms with Crippen LogP contribution < -0.4 is 26.2 Å². The van der Waals surface area contributed by atoms with Crippen molar-refractivity contribution in [1.82, 2.24) is 30.3 Å². The Hall–Kier alpha value is -4.32. The molecule has 0 bridgehead atoms. The average molecular weight is 700 g/mol. The summed E-state index contributed by atoms with van der Waals surface area (Å²) in [6.07, 6.45) is 5.92. The van der Waals surface area contributed by atoms with Crippen molar-refractivity contribution >= 4 is 34.8 Å². The van der Waals surface area contributed by atoms with E-state index in [-0.39, 0.29) is 23.6 Å². The largest absolute Gasteiger partial charge is 0.481 e. The van der Waals surface area contributed by atoms with E-state index in [0.29, 0.717) is 64.9 Å². The lowest BCUT2D eigenvalue weighted by atomic mass is 9.89. The number of carbonyl (C=O) groups is 1. The normalized spacial score (nSPS) is 18.8. The minimum Gasteiger partial charge on any atom is -0.481 e. The Labute approximate surface area is 293 Å². The number of aliphatic hydroxyl groups excluding tert-OH is 1. The van der Waals surface area contributed by atoms with Gasteiger partial charge in [0.05, 0.1) is 29.0 Å². The predicted molar refractivity (Wildman–Crippen MR) is 191 cm³/mol. The van der Waals surface area contributed by atoms with Gasteiger partial charge in [-0.25, -0.2) is 9.97 Å². The smallest absolute Gasteiger partial charge is 0.262 e. The van der Waals surface area contributed by atoms with E-state index < -0.39 is 0 Å². The number of amides is 1. The number of rotatable bonds is 11. The SMILES string of the molecule is COc1nc(-c2cccc(-c3cccc(-c4ccn5c(=O)c(CNC[C@@H]6CCC(=O)N6)cnc5c4)c3Cl)c2Cl)ccc1CN[C@H]1C[C@H](O)C1. The number of pyridine rings is 2. The van der Waals surface area contributed by atoms with Crippen LogP contribution in [-0.2, 0) is 17.9 Å². The number of methoxy groups -OCH3 is 1. The minimum absolute atomic E-state index is 0.0629. The molecule has 10 nitrogen and oxygen atoms in total. The Bertz CT molecular complexity index is 2100. The zero-order chi connectivity index (χ0) is 34.1. The molecular weight excluding hydrogens is 663 g/mol. The number of nitrogens with zero attached hydrogens (tertiary/aromatic N) is 3. The van der Waals surface area contributed by atoms with Crippen molar-refractivity contribution in [3.63, 3.8) is 0 Å². The van der Waals surface area contributed by atoms with Crippen molar-refractivity contribution in [3.8, 4) is 39.4 Å². The number of ether oxygens (including phenoxy) is 1. The average Bonchev–Trinajstić information content (AvgIpc) is 3.52. The second-order valence-corrected chi connectivity index (χ2v) is 13.3. The lowest BCUT2D eigenvalue weighted by molar-refractivity contribution is -0.119. The Balaban J connectivity index is 1.12. The van der Waals surface area contributed by atoms with E-state index >= 15 is 0 Å². The summed E-state index contributed by atoms with van der Waals surface area (Å²) in [7, 11) is 1.60. The van der Waals surface area contributed by atoms with Gasteiger partial charge in [-0.3, -0.25) is 14.0 Å². The van der Waals surface area contributed by atoms with E-state index in [0.717, 1.165) is 52.6 Å². The molecule has 1 aliphatic heterocycles. The lowest BCUT2D eigenvalue weighted by Gasteiger charge is -2.32. The molecule has 2 fully saturated rings. The molecule has 5 aromatic rings. The van der Waals surface area contributed by atoms with Crippen LogP contribution in [-0.4, -0.2) is 57.2 Å². The number of carbonyl (C=O) groups excluding carboxylic acids is 1. The quantitative estimate of drug-likeness (QED) is 0.145. The van der Waals surface area contributed by atoms with Gasteiger partial charge in [-0.15, -0.1) is 0 Å². The van der Waals surface area contributed by atoms with Crippen LogP contribution in [0.15, 0.2) is 77.9 Å². The lowest BCUT2D eigenvalue weighted by Crippen LogP contribution is -2.43. The number of nitrogens with one attached hydrogen (secondary N) is 3. The van der Waals surface area contributed by atoms with Crippen LogP contribution in [0.25, 0.3) is 39.2 Å². The first-order chi connectivity index (χ1) is 23.8. The van der Waals surface area contributed by atoms with E-state index in [1.165, 1.54) is 4.40 Å². The van der Waals surface area contributed by atoms with Gasteiger partial charge in [0.2, 0.25) is 11.8 Å². The molecule has 12 heteroatoms. The standard InChI is InChI=1S/C37H36Cl2N6O4/c1-49-36-22(18-41-25-15-26(46)16-25)8-10-31(44-36)30-7-3-6-29(35(30)39)28-5-2-4-27(34(28)38)21-12-13-45-32(14-21)42-19-23(37(45)48)17-40-20-24-9-11-33(47)43-24/h2-8,10,12-14,19,24-26,40-41,46H,9,11,15-18,20H2,1H3,(H,43,47)/t24-,25-,26-/m0/s1. The van der Waals surface area contributed by atoms with Crippen molar-refractivity contribution in [3.05, 3.63) is 105 Å². The molecule has 0 radical (unpaired) electrons. The highest BCUT2D eigenvalue weighted by atomic mass is 35.5. The van der Waals surface area contributed by atoms with Crippen LogP contribution in [0.3, 0.4) is 0 Å². The highest BCUT2D eigenvalue weighted by Crippen LogP contribution is 2.42. The Morgan fingerprint density at radius 3 is 2.41 bits per heavy atom.